The second kappa shape index (κ2) is 4.96. The molecule has 82 valence electrons. The van der Waals surface area contributed by atoms with Gasteiger partial charge in [-0.25, -0.2) is 0 Å². The van der Waals surface area contributed by atoms with Crippen LogP contribution < -0.4 is 0 Å². The van der Waals surface area contributed by atoms with Crippen LogP contribution in [0.4, 0.5) is 0 Å². The van der Waals surface area contributed by atoms with Gasteiger partial charge in [0.1, 0.15) is 0 Å². The van der Waals surface area contributed by atoms with Gasteiger partial charge in [0, 0.05) is 12.4 Å². The summed E-state index contributed by atoms with van der Waals surface area (Å²) in [5, 5.41) is 5.37. The fourth-order valence-electron chi connectivity index (χ4n) is 1.28. The number of hydrogen-bond acceptors (Lipinski definition) is 1. The molecule has 0 radical (unpaired) electrons. The summed E-state index contributed by atoms with van der Waals surface area (Å²) in [6, 6.07) is 6.34. The molecule has 2 aromatic rings. The molecule has 2 rings (SSSR count). The summed E-state index contributed by atoms with van der Waals surface area (Å²) in [7, 11) is 1.96. The molecule has 0 aliphatic carbocycles. The zero-order chi connectivity index (χ0) is 11.4. The highest BCUT2D eigenvalue weighted by atomic mass is 15.2. The summed E-state index contributed by atoms with van der Waals surface area (Å²) < 4.78 is 1.88. The summed E-state index contributed by atoms with van der Waals surface area (Å²) in [6.07, 6.45) is 1.89. The largest absolute Gasteiger partial charge is 0.268 e. The van der Waals surface area contributed by atoms with Crippen molar-refractivity contribution in [1.82, 2.24) is 9.78 Å². The van der Waals surface area contributed by atoms with E-state index in [0.717, 1.165) is 5.92 Å². The minimum Gasteiger partial charge on any atom is -0.268 e. The van der Waals surface area contributed by atoms with Crippen molar-refractivity contribution in [1.29, 1.82) is 0 Å². The fraction of sp³-hybridized carbons (Fsp3) is 0.462. The van der Waals surface area contributed by atoms with Crippen molar-refractivity contribution in [3.63, 3.8) is 0 Å². The Balaban J connectivity index is 0.000000245. The van der Waals surface area contributed by atoms with E-state index in [0.29, 0.717) is 0 Å². The van der Waals surface area contributed by atoms with Crippen molar-refractivity contribution >= 4 is 10.9 Å². The van der Waals surface area contributed by atoms with Crippen LogP contribution in [0.3, 0.4) is 0 Å². The van der Waals surface area contributed by atoms with Gasteiger partial charge in [0.15, 0.2) is 0 Å². The molecule has 0 saturated carbocycles. The van der Waals surface area contributed by atoms with Crippen LogP contribution in [0.2, 0.25) is 0 Å². The Bertz CT molecular complexity index is 424. The number of rotatable bonds is 0. The van der Waals surface area contributed by atoms with Crippen molar-refractivity contribution < 1.29 is 0 Å². The molecule has 0 aliphatic rings. The molecule has 0 spiro atoms. The highest BCUT2D eigenvalue weighted by Crippen LogP contribution is 2.13. The van der Waals surface area contributed by atoms with Gasteiger partial charge in [0.25, 0.3) is 0 Å². The Labute approximate surface area is 91.9 Å². The number of benzene rings is 1. The minimum atomic E-state index is 0.833. The molecule has 0 unspecified atom stereocenters. The molecule has 15 heavy (non-hydrogen) atoms. The Morgan fingerprint density at radius 2 is 1.80 bits per heavy atom. The first-order valence-electron chi connectivity index (χ1n) is 5.39. The average molecular weight is 204 g/mol. The molecule has 2 heteroatoms. The summed E-state index contributed by atoms with van der Waals surface area (Å²) in [5.41, 5.74) is 2.47. The Hall–Kier alpha value is -1.31. The van der Waals surface area contributed by atoms with Gasteiger partial charge in [-0.15, -0.1) is 0 Å². The van der Waals surface area contributed by atoms with Gasteiger partial charge < -0.3 is 0 Å². The summed E-state index contributed by atoms with van der Waals surface area (Å²) in [5.74, 6) is 0.833. The first-order valence-corrected chi connectivity index (χ1v) is 5.39. The van der Waals surface area contributed by atoms with Crippen molar-refractivity contribution in [3.05, 3.63) is 30.0 Å². The second-order valence-corrected chi connectivity index (χ2v) is 4.56. The zero-order valence-electron chi connectivity index (χ0n) is 10.3. The maximum Gasteiger partial charge on any atom is 0.0679 e. The minimum absolute atomic E-state index is 0.833. The lowest BCUT2D eigenvalue weighted by atomic mass is 10.2. The summed E-state index contributed by atoms with van der Waals surface area (Å²) in [4.78, 5) is 0. The van der Waals surface area contributed by atoms with Crippen molar-refractivity contribution in [3.8, 4) is 0 Å². The SMILES string of the molecule is CC(C)C.Cc1ccc2c(cnn2C)c1. The normalized spacial score (nSPS) is 10.3. The highest BCUT2D eigenvalue weighted by Gasteiger charge is 1.96. The number of nitrogens with zero attached hydrogens (tertiary/aromatic N) is 2. The van der Waals surface area contributed by atoms with E-state index >= 15 is 0 Å². The highest BCUT2D eigenvalue weighted by molar-refractivity contribution is 5.79. The van der Waals surface area contributed by atoms with Gasteiger partial charge in [0.05, 0.1) is 11.7 Å². The van der Waals surface area contributed by atoms with Crippen LogP contribution >= 0.6 is 0 Å². The molecule has 0 bridgehead atoms. The van der Waals surface area contributed by atoms with Gasteiger partial charge in [-0.2, -0.15) is 5.10 Å². The molecule has 0 saturated heterocycles. The van der Waals surface area contributed by atoms with Gasteiger partial charge in [-0.1, -0.05) is 32.4 Å². The van der Waals surface area contributed by atoms with E-state index in [1.165, 1.54) is 16.5 Å². The van der Waals surface area contributed by atoms with Gasteiger partial charge in [-0.3, -0.25) is 4.68 Å². The van der Waals surface area contributed by atoms with E-state index in [1.54, 1.807) is 0 Å². The topological polar surface area (TPSA) is 17.8 Å². The molecular weight excluding hydrogens is 184 g/mol. The van der Waals surface area contributed by atoms with E-state index in [4.69, 9.17) is 0 Å². The summed E-state index contributed by atoms with van der Waals surface area (Å²) >= 11 is 0. The third-order valence-corrected chi connectivity index (χ3v) is 1.90. The molecule has 0 aliphatic heterocycles. The van der Waals surface area contributed by atoms with Gasteiger partial charge >= 0.3 is 0 Å². The molecule has 0 atom stereocenters. The van der Waals surface area contributed by atoms with Gasteiger partial charge in [-0.05, 0) is 25.0 Å². The molecule has 0 N–H and O–H groups in total. The van der Waals surface area contributed by atoms with Crippen LogP contribution in [-0.4, -0.2) is 9.78 Å². The summed E-state index contributed by atoms with van der Waals surface area (Å²) in [6.45, 7) is 8.59. The van der Waals surface area contributed by atoms with Crippen LogP contribution in [0.15, 0.2) is 24.4 Å². The zero-order valence-corrected chi connectivity index (χ0v) is 10.3. The van der Waals surface area contributed by atoms with E-state index in [-0.39, 0.29) is 0 Å². The molecule has 0 fully saturated rings. The van der Waals surface area contributed by atoms with Crippen molar-refractivity contribution in [2.75, 3.05) is 0 Å². The number of aromatic nitrogens is 2. The Kier molecular flexibility index (Phi) is 3.89. The van der Waals surface area contributed by atoms with E-state index in [9.17, 15) is 0 Å². The lowest BCUT2D eigenvalue weighted by Crippen LogP contribution is -1.87. The molecule has 1 aromatic heterocycles. The third kappa shape index (κ3) is 3.39. The maximum atomic E-state index is 4.15. The van der Waals surface area contributed by atoms with Crippen molar-refractivity contribution in [2.24, 2.45) is 13.0 Å². The smallest absolute Gasteiger partial charge is 0.0679 e. The quantitative estimate of drug-likeness (QED) is 0.641. The van der Waals surface area contributed by atoms with E-state index in [1.807, 2.05) is 17.9 Å². The second-order valence-electron chi connectivity index (χ2n) is 4.56. The predicted molar refractivity (Wildman–Crippen MR) is 66.0 cm³/mol. The third-order valence-electron chi connectivity index (χ3n) is 1.90. The average Bonchev–Trinajstić information content (AvgIpc) is 2.46. The number of aryl methyl sites for hydroxylation is 2. The Morgan fingerprint density at radius 1 is 1.20 bits per heavy atom. The first kappa shape index (κ1) is 11.8. The molecule has 1 aromatic carbocycles. The number of hydrogen-bond donors (Lipinski definition) is 0. The first-order chi connectivity index (χ1) is 7.00. The lowest BCUT2D eigenvalue weighted by molar-refractivity contribution is 0.737. The Morgan fingerprint density at radius 3 is 2.40 bits per heavy atom. The van der Waals surface area contributed by atoms with Crippen LogP contribution in [-0.2, 0) is 7.05 Å². The molecule has 1 heterocycles. The van der Waals surface area contributed by atoms with Crippen LogP contribution in [0, 0.1) is 12.8 Å². The molecule has 2 nitrogen and oxygen atoms in total. The predicted octanol–water partition coefficient (Wildman–Crippen LogP) is 3.54. The van der Waals surface area contributed by atoms with Crippen LogP contribution in [0.1, 0.15) is 26.3 Å². The van der Waals surface area contributed by atoms with E-state index in [2.05, 4.69) is 51.0 Å². The van der Waals surface area contributed by atoms with Crippen LogP contribution in [0.25, 0.3) is 10.9 Å². The maximum absolute atomic E-state index is 4.15. The number of fused-ring (bicyclic) bond motifs is 1. The standard InChI is InChI=1S/C9H10N2.C4H10/c1-7-3-4-9-8(5-7)6-10-11(9)2;1-4(2)3/h3-6H,1-2H3;4H,1-3H3. The van der Waals surface area contributed by atoms with Crippen molar-refractivity contribution in [2.45, 2.75) is 27.7 Å². The monoisotopic (exact) mass is 204 g/mol. The fourth-order valence-corrected chi connectivity index (χ4v) is 1.28. The van der Waals surface area contributed by atoms with Gasteiger partial charge in [0.2, 0.25) is 0 Å². The molecule has 0 amide bonds. The van der Waals surface area contributed by atoms with E-state index < -0.39 is 0 Å². The molecular formula is C13H20N2. The van der Waals surface area contributed by atoms with Crippen LogP contribution in [0.5, 0.6) is 0 Å². The lowest BCUT2D eigenvalue weighted by Gasteiger charge is -1.93.